The zero-order chi connectivity index (χ0) is 16.7. The molecule has 1 N–H and O–H groups in total. The molecule has 0 amide bonds. The molecule has 2 rings (SSSR count). The van der Waals surface area contributed by atoms with Crippen LogP contribution in [0.1, 0.15) is 24.5 Å². The number of hydrazine groups is 1. The molecule has 1 aromatic rings. The van der Waals surface area contributed by atoms with Gasteiger partial charge in [-0.3, -0.25) is 5.01 Å². The van der Waals surface area contributed by atoms with E-state index in [4.69, 9.17) is 5.26 Å². The van der Waals surface area contributed by atoms with Gasteiger partial charge in [0.1, 0.15) is 6.04 Å². The maximum absolute atomic E-state index is 13.0. The third kappa shape index (κ3) is 3.11. The second kappa shape index (κ2) is 5.35. The van der Waals surface area contributed by atoms with E-state index < -0.39 is 35.6 Å². The van der Waals surface area contributed by atoms with Crippen molar-refractivity contribution in [3.05, 3.63) is 29.3 Å². The van der Waals surface area contributed by atoms with Crippen LogP contribution >= 0.6 is 0 Å². The lowest BCUT2D eigenvalue weighted by Gasteiger charge is -2.28. The molecule has 0 aromatic heterocycles. The van der Waals surface area contributed by atoms with Gasteiger partial charge in [-0.1, -0.05) is 0 Å². The Labute approximate surface area is 122 Å². The summed E-state index contributed by atoms with van der Waals surface area (Å²) >= 11 is 0. The van der Waals surface area contributed by atoms with Crippen molar-refractivity contribution in [1.82, 2.24) is 5.43 Å². The highest BCUT2D eigenvalue weighted by Crippen LogP contribution is 2.38. The van der Waals surface area contributed by atoms with E-state index in [0.717, 1.165) is 12.1 Å². The lowest BCUT2D eigenvalue weighted by atomic mass is 10.1. The molecule has 0 radical (unpaired) electrons. The van der Waals surface area contributed by atoms with Crippen LogP contribution in [0.25, 0.3) is 0 Å². The second-order valence-electron chi connectivity index (χ2n) is 5.03. The monoisotopic (exact) mass is 323 g/mol. The molecule has 1 aromatic carbocycles. The Morgan fingerprint density at radius 1 is 1.23 bits per heavy atom. The van der Waals surface area contributed by atoms with Gasteiger partial charge >= 0.3 is 12.4 Å². The second-order valence-corrected chi connectivity index (χ2v) is 5.03. The van der Waals surface area contributed by atoms with Crippen LogP contribution in [-0.4, -0.2) is 18.3 Å². The summed E-state index contributed by atoms with van der Waals surface area (Å²) in [6.45, 7) is 1.51. The van der Waals surface area contributed by atoms with Gasteiger partial charge in [0.25, 0.3) is 0 Å². The molecule has 1 aliphatic heterocycles. The first-order valence-electron chi connectivity index (χ1n) is 6.27. The number of anilines is 1. The average Bonchev–Trinajstić information content (AvgIpc) is 2.79. The molecule has 0 aliphatic carbocycles. The zero-order valence-corrected chi connectivity index (χ0v) is 11.3. The number of rotatable bonds is 1. The fourth-order valence-electron chi connectivity index (χ4n) is 2.37. The summed E-state index contributed by atoms with van der Waals surface area (Å²) in [6.07, 6.45) is -9.67. The lowest BCUT2D eigenvalue weighted by Crippen LogP contribution is -2.46. The molecule has 2 atom stereocenters. The molecule has 1 fully saturated rings. The van der Waals surface area contributed by atoms with Crippen LogP contribution in [0.2, 0.25) is 0 Å². The Hall–Kier alpha value is -1.95. The number of halogens is 6. The number of nitriles is 1. The van der Waals surface area contributed by atoms with Crippen molar-refractivity contribution in [3.63, 3.8) is 0 Å². The van der Waals surface area contributed by atoms with Crippen LogP contribution in [-0.2, 0) is 6.18 Å². The van der Waals surface area contributed by atoms with E-state index in [1.54, 1.807) is 0 Å². The highest BCUT2D eigenvalue weighted by molar-refractivity contribution is 5.55. The lowest BCUT2D eigenvalue weighted by molar-refractivity contribution is -0.146. The Bertz CT molecular complexity index is 601. The number of alkyl halides is 6. The van der Waals surface area contributed by atoms with Crippen LogP contribution in [0, 0.1) is 11.3 Å². The number of hydrogen-bond acceptors (Lipinski definition) is 3. The maximum Gasteiger partial charge on any atom is 0.417 e. The highest BCUT2D eigenvalue weighted by atomic mass is 19.4. The van der Waals surface area contributed by atoms with Gasteiger partial charge in [-0.25, -0.2) is 5.43 Å². The zero-order valence-electron chi connectivity index (χ0n) is 11.3. The summed E-state index contributed by atoms with van der Waals surface area (Å²) in [4.78, 5) is 0. The average molecular weight is 323 g/mol. The van der Waals surface area contributed by atoms with Gasteiger partial charge in [0.05, 0.1) is 22.9 Å². The molecule has 22 heavy (non-hydrogen) atoms. The van der Waals surface area contributed by atoms with E-state index in [1.165, 1.54) is 13.0 Å². The van der Waals surface area contributed by atoms with E-state index in [1.807, 2.05) is 0 Å². The quantitative estimate of drug-likeness (QED) is 0.803. The van der Waals surface area contributed by atoms with Crippen LogP contribution in [0.3, 0.4) is 0 Å². The first kappa shape index (κ1) is 16.4. The minimum absolute atomic E-state index is 0.273. The molecule has 1 saturated heterocycles. The Kier molecular flexibility index (Phi) is 4.00. The Balaban J connectivity index is 2.47. The predicted molar refractivity (Wildman–Crippen MR) is 65.7 cm³/mol. The standard InChI is InChI=1S/C13H11F6N3/c1-7-4-11(13(17,18)19)22(21-7)9-3-2-8(6-20)10(5-9)12(14,15)16/h2-3,5,7,11,21H,4H2,1H3. The third-order valence-electron chi connectivity index (χ3n) is 3.33. The van der Waals surface area contributed by atoms with E-state index in [9.17, 15) is 26.3 Å². The van der Waals surface area contributed by atoms with Crippen molar-refractivity contribution in [1.29, 1.82) is 5.26 Å². The molecule has 2 unspecified atom stereocenters. The largest absolute Gasteiger partial charge is 0.417 e. The Morgan fingerprint density at radius 2 is 1.86 bits per heavy atom. The SMILES string of the molecule is CC1CC(C(F)(F)F)N(c2ccc(C#N)c(C(F)(F)F)c2)N1. The van der Waals surface area contributed by atoms with Crippen molar-refractivity contribution < 1.29 is 26.3 Å². The fourth-order valence-corrected chi connectivity index (χ4v) is 2.37. The fraction of sp³-hybridized carbons (Fsp3) is 0.462. The van der Waals surface area contributed by atoms with Gasteiger partial charge in [0, 0.05) is 6.04 Å². The number of hydrogen-bond donors (Lipinski definition) is 1. The summed E-state index contributed by atoms with van der Waals surface area (Å²) in [5, 5.41) is 9.38. The smallest absolute Gasteiger partial charge is 0.296 e. The molecule has 1 aliphatic rings. The van der Waals surface area contributed by atoms with Gasteiger partial charge in [-0.15, -0.1) is 0 Å². The Morgan fingerprint density at radius 3 is 2.36 bits per heavy atom. The van der Waals surface area contributed by atoms with Gasteiger partial charge in [0.2, 0.25) is 0 Å². The molecule has 0 bridgehead atoms. The van der Waals surface area contributed by atoms with Crippen molar-refractivity contribution in [3.8, 4) is 6.07 Å². The number of benzene rings is 1. The van der Waals surface area contributed by atoms with Crippen molar-refractivity contribution in [2.24, 2.45) is 0 Å². The van der Waals surface area contributed by atoms with Crippen molar-refractivity contribution in [2.45, 2.75) is 37.8 Å². The highest BCUT2D eigenvalue weighted by Gasteiger charge is 2.49. The van der Waals surface area contributed by atoms with Gasteiger partial charge in [-0.2, -0.15) is 31.6 Å². The van der Waals surface area contributed by atoms with Crippen LogP contribution in [0.4, 0.5) is 32.0 Å². The maximum atomic E-state index is 13.0. The normalized spacial score (nSPS) is 22.7. The van der Waals surface area contributed by atoms with E-state index >= 15 is 0 Å². The molecular formula is C13H11F6N3. The van der Waals surface area contributed by atoms with Crippen LogP contribution in [0.15, 0.2) is 18.2 Å². The predicted octanol–water partition coefficient (Wildman–Crippen LogP) is 3.61. The van der Waals surface area contributed by atoms with Crippen molar-refractivity contribution in [2.75, 3.05) is 5.01 Å². The summed E-state index contributed by atoms with van der Waals surface area (Å²) < 4.78 is 77.7. The van der Waals surface area contributed by atoms with Crippen LogP contribution < -0.4 is 10.4 Å². The van der Waals surface area contributed by atoms with Gasteiger partial charge in [0.15, 0.2) is 0 Å². The van der Waals surface area contributed by atoms with Gasteiger partial charge < -0.3 is 0 Å². The van der Waals surface area contributed by atoms with E-state index in [2.05, 4.69) is 5.43 Å². The van der Waals surface area contributed by atoms with Crippen molar-refractivity contribution >= 4 is 5.69 Å². The van der Waals surface area contributed by atoms with E-state index in [-0.39, 0.29) is 12.1 Å². The number of nitrogens with zero attached hydrogens (tertiary/aromatic N) is 2. The molecule has 1 heterocycles. The summed E-state index contributed by atoms with van der Waals surface area (Å²) in [7, 11) is 0. The first-order chi connectivity index (χ1) is 10.0. The summed E-state index contributed by atoms with van der Waals surface area (Å²) in [5.74, 6) is 0. The van der Waals surface area contributed by atoms with Gasteiger partial charge in [-0.05, 0) is 31.5 Å². The van der Waals surface area contributed by atoms with Crippen LogP contribution in [0.5, 0.6) is 0 Å². The molecule has 0 saturated carbocycles. The summed E-state index contributed by atoms with van der Waals surface area (Å²) in [6, 6.07) is 1.43. The summed E-state index contributed by atoms with van der Waals surface area (Å²) in [5.41, 5.74) is 0.339. The van der Waals surface area contributed by atoms with E-state index in [0.29, 0.717) is 11.1 Å². The molecule has 3 nitrogen and oxygen atoms in total. The molecule has 9 heteroatoms. The minimum Gasteiger partial charge on any atom is -0.296 e. The first-order valence-corrected chi connectivity index (χ1v) is 6.27. The molecular weight excluding hydrogens is 312 g/mol. The number of nitrogens with one attached hydrogen (secondary N) is 1. The molecule has 0 spiro atoms. The molecule has 120 valence electrons. The minimum atomic E-state index is -4.82. The third-order valence-corrected chi connectivity index (χ3v) is 3.33. The topological polar surface area (TPSA) is 39.1 Å².